The summed E-state index contributed by atoms with van der Waals surface area (Å²) in [5.41, 5.74) is 7.31. The third kappa shape index (κ3) is 1.35. The summed E-state index contributed by atoms with van der Waals surface area (Å²) in [6, 6.07) is 0. The number of amides is 1. The van der Waals surface area contributed by atoms with Crippen molar-refractivity contribution < 1.29 is 4.79 Å². The van der Waals surface area contributed by atoms with Gasteiger partial charge in [-0.2, -0.15) is 0 Å². The summed E-state index contributed by atoms with van der Waals surface area (Å²) in [6.45, 7) is 8.38. The van der Waals surface area contributed by atoms with E-state index in [1.807, 2.05) is 0 Å². The van der Waals surface area contributed by atoms with Crippen LogP contribution in [0.2, 0.25) is 0 Å². The molecule has 1 rings (SSSR count). The Morgan fingerprint density at radius 2 is 1.50 bits per heavy atom. The number of hydrogen-bond donors (Lipinski definition) is 0. The van der Waals surface area contributed by atoms with E-state index in [4.69, 9.17) is 5.73 Å². The van der Waals surface area contributed by atoms with Crippen LogP contribution >= 0.6 is 0 Å². The molecule has 0 saturated heterocycles. The van der Waals surface area contributed by atoms with Crippen molar-refractivity contribution in [2.75, 3.05) is 0 Å². The van der Waals surface area contributed by atoms with Crippen LogP contribution in [0.25, 0.3) is 0 Å². The second kappa shape index (κ2) is 2.48. The Morgan fingerprint density at radius 3 is 1.67 bits per heavy atom. The minimum absolute atomic E-state index is 0.0301. The Labute approximate surface area is 74.5 Å². The van der Waals surface area contributed by atoms with E-state index in [2.05, 4.69) is 27.7 Å². The van der Waals surface area contributed by atoms with Gasteiger partial charge in [-0.15, -0.1) is 0 Å². The van der Waals surface area contributed by atoms with Crippen molar-refractivity contribution in [1.29, 1.82) is 0 Å². The number of carbonyl (C=O) groups excluding carboxylic acids is 1. The molecule has 0 aromatic heterocycles. The van der Waals surface area contributed by atoms with E-state index in [0.29, 0.717) is 0 Å². The van der Waals surface area contributed by atoms with E-state index in [9.17, 15) is 4.79 Å². The largest absolute Gasteiger partial charge is 0.273 e. The van der Waals surface area contributed by atoms with Crippen molar-refractivity contribution >= 4 is 5.91 Å². The zero-order valence-corrected chi connectivity index (χ0v) is 8.40. The molecule has 1 amide bonds. The van der Waals surface area contributed by atoms with E-state index in [1.54, 1.807) is 0 Å². The van der Waals surface area contributed by atoms with E-state index in [-0.39, 0.29) is 22.7 Å². The molecule has 0 heterocycles. The molecule has 1 fully saturated rings. The van der Waals surface area contributed by atoms with Gasteiger partial charge in [-0.3, -0.25) is 10.5 Å². The molecule has 1 radical (unpaired) electrons. The van der Waals surface area contributed by atoms with Crippen LogP contribution < -0.4 is 5.73 Å². The van der Waals surface area contributed by atoms with Gasteiger partial charge in [-0.25, -0.2) is 0 Å². The minimum atomic E-state index is -0.387. The molecule has 12 heavy (non-hydrogen) atoms. The van der Waals surface area contributed by atoms with Gasteiger partial charge in [0.15, 0.2) is 0 Å². The number of carbonyl (C=O) groups is 1. The Morgan fingerprint density at radius 1 is 1.17 bits per heavy atom. The lowest BCUT2D eigenvalue weighted by atomic mass is 9.72. The topological polar surface area (TPSA) is 40.9 Å². The van der Waals surface area contributed by atoms with Crippen LogP contribution in [-0.4, -0.2) is 5.91 Å². The monoisotopic (exact) mass is 168 g/mol. The van der Waals surface area contributed by atoms with Crippen molar-refractivity contribution in [3.05, 3.63) is 0 Å². The lowest BCUT2D eigenvalue weighted by Crippen LogP contribution is -2.35. The standard InChI is InChI=1S/C10H18NO/c1-9(2)5-6-10(3,4)7(9)8(11)12/h7,11H,5-6H2,1-4H3. The first-order valence-electron chi connectivity index (χ1n) is 4.53. The van der Waals surface area contributed by atoms with Crippen molar-refractivity contribution in [2.45, 2.75) is 40.5 Å². The molecule has 0 spiro atoms. The summed E-state index contributed by atoms with van der Waals surface area (Å²) in [6.07, 6.45) is 2.13. The first-order valence-corrected chi connectivity index (χ1v) is 4.53. The normalized spacial score (nSPS) is 27.3. The van der Waals surface area contributed by atoms with Gasteiger partial charge < -0.3 is 0 Å². The second-order valence-corrected chi connectivity index (χ2v) is 5.27. The second-order valence-electron chi connectivity index (χ2n) is 5.27. The van der Waals surface area contributed by atoms with Crippen molar-refractivity contribution in [3.63, 3.8) is 0 Å². The SMILES string of the molecule is CC1(C)CCC(C)(C)C1C([NH])=O. The van der Waals surface area contributed by atoms with Crippen LogP contribution in [0.3, 0.4) is 0 Å². The average Bonchev–Trinajstić information content (AvgIpc) is 2.01. The highest BCUT2D eigenvalue weighted by Crippen LogP contribution is 2.53. The van der Waals surface area contributed by atoms with Crippen LogP contribution in [0, 0.1) is 16.7 Å². The third-order valence-corrected chi connectivity index (χ3v) is 3.24. The van der Waals surface area contributed by atoms with Gasteiger partial charge in [-0.05, 0) is 23.7 Å². The summed E-state index contributed by atoms with van der Waals surface area (Å²) in [4.78, 5) is 11.1. The molecule has 0 bridgehead atoms. The molecular formula is C10H18NO. The lowest BCUT2D eigenvalue weighted by molar-refractivity contribution is -0.128. The Kier molecular flexibility index (Phi) is 1.97. The van der Waals surface area contributed by atoms with Crippen molar-refractivity contribution in [1.82, 2.24) is 5.73 Å². The maximum atomic E-state index is 11.1. The summed E-state index contributed by atoms with van der Waals surface area (Å²) in [7, 11) is 0. The van der Waals surface area contributed by atoms with Crippen molar-refractivity contribution in [2.24, 2.45) is 16.7 Å². The molecule has 1 aliphatic carbocycles. The molecule has 1 N–H and O–H groups in total. The van der Waals surface area contributed by atoms with E-state index in [1.165, 1.54) is 0 Å². The number of nitrogens with one attached hydrogen (secondary N) is 1. The molecule has 0 aromatic rings. The summed E-state index contributed by atoms with van der Waals surface area (Å²) in [5, 5.41) is 0. The molecule has 1 saturated carbocycles. The molecule has 0 aromatic carbocycles. The highest BCUT2D eigenvalue weighted by molar-refractivity contribution is 5.78. The highest BCUT2D eigenvalue weighted by Gasteiger charge is 2.50. The van der Waals surface area contributed by atoms with Gasteiger partial charge in [-0.1, -0.05) is 27.7 Å². The first-order chi connectivity index (χ1) is 5.27. The van der Waals surface area contributed by atoms with E-state index in [0.717, 1.165) is 12.8 Å². The molecule has 0 atom stereocenters. The smallest absolute Gasteiger partial charge is 0.242 e. The Bertz CT molecular complexity index is 190. The number of rotatable bonds is 1. The van der Waals surface area contributed by atoms with Gasteiger partial charge in [0.05, 0.1) is 0 Å². The Hall–Kier alpha value is -0.530. The summed E-state index contributed by atoms with van der Waals surface area (Å²) >= 11 is 0. The highest BCUT2D eigenvalue weighted by atomic mass is 16.1. The van der Waals surface area contributed by atoms with Crippen LogP contribution in [0.1, 0.15) is 40.5 Å². The Balaban J connectivity index is 2.96. The van der Waals surface area contributed by atoms with Crippen LogP contribution in [0.5, 0.6) is 0 Å². The average molecular weight is 168 g/mol. The predicted molar refractivity (Wildman–Crippen MR) is 48.4 cm³/mol. The van der Waals surface area contributed by atoms with Crippen LogP contribution in [0.4, 0.5) is 0 Å². The fraction of sp³-hybridized carbons (Fsp3) is 0.900. The molecule has 0 aliphatic heterocycles. The maximum Gasteiger partial charge on any atom is 0.242 e. The fourth-order valence-corrected chi connectivity index (χ4v) is 2.70. The van der Waals surface area contributed by atoms with Gasteiger partial charge in [0.2, 0.25) is 5.91 Å². The van der Waals surface area contributed by atoms with Gasteiger partial charge in [0.25, 0.3) is 0 Å². The molecule has 1 aliphatic rings. The van der Waals surface area contributed by atoms with E-state index >= 15 is 0 Å². The molecular weight excluding hydrogens is 150 g/mol. The summed E-state index contributed by atoms with van der Waals surface area (Å²) < 4.78 is 0. The molecule has 2 heteroatoms. The quantitative estimate of drug-likeness (QED) is 0.592. The zero-order chi connectivity index (χ0) is 9.57. The number of hydrogen-bond acceptors (Lipinski definition) is 1. The third-order valence-electron chi connectivity index (χ3n) is 3.24. The van der Waals surface area contributed by atoms with Gasteiger partial charge >= 0.3 is 0 Å². The van der Waals surface area contributed by atoms with Gasteiger partial charge in [0, 0.05) is 5.92 Å². The molecule has 2 nitrogen and oxygen atoms in total. The van der Waals surface area contributed by atoms with Crippen LogP contribution in [0.15, 0.2) is 0 Å². The molecule has 69 valence electrons. The van der Waals surface area contributed by atoms with Gasteiger partial charge in [0.1, 0.15) is 0 Å². The lowest BCUT2D eigenvalue weighted by Gasteiger charge is -2.31. The molecule has 0 unspecified atom stereocenters. The maximum absolute atomic E-state index is 11.1. The first kappa shape index (κ1) is 9.56. The van der Waals surface area contributed by atoms with E-state index < -0.39 is 0 Å². The predicted octanol–water partition coefficient (Wildman–Crippen LogP) is 2.26. The zero-order valence-electron chi connectivity index (χ0n) is 8.40. The van der Waals surface area contributed by atoms with Crippen molar-refractivity contribution in [3.8, 4) is 0 Å². The fourth-order valence-electron chi connectivity index (χ4n) is 2.70. The van der Waals surface area contributed by atoms with Crippen LogP contribution in [-0.2, 0) is 4.79 Å². The summed E-state index contributed by atoms with van der Waals surface area (Å²) in [5.74, 6) is -0.465. The minimum Gasteiger partial charge on any atom is -0.273 e.